The number of unbranched alkanes of at least 4 members (excludes halogenated alkanes) is 1. The lowest BCUT2D eigenvalue weighted by molar-refractivity contribution is -0.384. The van der Waals surface area contributed by atoms with Gasteiger partial charge in [0, 0.05) is 23.3 Å². The summed E-state index contributed by atoms with van der Waals surface area (Å²) in [5.41, 5.74) is 0.806. The third-order valence-electron chi connectivity index (χ3n) is 4.42. The summed E-state index contributed by atoms with van der Waals surface area (Å²) in [5, 5.41) is 20.8. The molecule has 0 saturated carbocycles. The molecule has 3 rings (SSSR count). The van der Waals surface area contributed by atoms with E-state index in [4.69, 9.17) is 13.9 Å². The minimum absolute atomic E-state index is 0.0432. The van der Waals surface area contributed by atoms with Gasteiger partial charge in [0.1, 0.15) is 12.3 Å². The molecule has 0 fully saturated rings. The summed E-state index contributed by atoms with van der Waals surface area (Å²) in [6.45, 7) is 2.07. The number of nitrogens with one attached hydrogen (secondary N) is 1. The van der Waals surface area contributed by atoms with Crippen molar-refractivity contribution in [2.45, 2.75) is 26.4 Å². The summed E-state index contributed by atoms with van der Waals surface area (Å²) in [6.07, 6.45) is 1.98. The Balaban J connectivity index is 1.43. The highest BCUT2D eigenvalue weighted by atomic mass is 16.6. The number of carbonyl (C=O) groups excluding carboxylic acids is 2. The van der Waals surface area contributed by atoms with Crippen LogP contribution in [-0.4, -0.2) is 40.1 Å². The number of ether oxygens (including phenoxy) is 2. The van der Waals surface area contributed by atoms with Crippen LogP contribution in [-0.2, 0) is 16.1 Å². The number of amides is 1. The number of rotatable bonds is 11. The van der Waals surface area contributed by atoms with Crippen LogP contribution >= 0.6 is 0 Å². The van der Waals surface area contributed by atoms with Crippen molar-refractivity contribution in [2.75, 3.05) is 13.2 Å². The lowest BCUT2D eigenvalue weighted by Crippen LogP contribution is -2.30. The highest BCUT2D eigenvalue weighted by molar-refractivity contribution is 5.96. The number of non-ortho nitro benzene ring substituents is 1. The lowest BCUT2D eigenvalue weighted by atomic mass is 10.2. The maximum absolute atomic E-state index is 12.2. The number of aromatic nitrogens is 2. The van der Waals surface area contributed by atoms with Gasteiger partial charge in [-0.2, -0.15) is 0 Å². The first-order chi connectivity index (χ1) is 16.0. The second kappa shape index (κ2) is 11.4. The Labute approximate surface area is 188 Å². The number of nitro benzene ring substituents is 1. The zero-order chi connectivity index (χ0) is 23.6. The highest BCUT2D eigenvalue weighted by Gasteiger charge is 2.14. The molecule has 0 atom stereocenters. The Morgan fingerprint density at radius 3 is 2.48 bits per heavy atom. The molecule has 11 heteroatoms. The normalized spacial score (nSPS) is 10.5. The monoisotopic (exact) mass is 454 g/mol. The average Bonchev–Trinajstić information content (AvgIpc) is 3.31. The van der Waals surface area contributed by atoms with Crippen molar-refractivity contribution < 1.29 is 28.4 Å². The first kappa shape index (κ1) is 23.4. The number of esters is 1. The molecule has 0 saturated heterocycles. The second-order valence-corrected chi connectivity index (χ2v) is 6.87. The fraction of sp³-hybridized carbons (Fsp3) is 0.273. The molecular formula is C22H22N4O7. The van der Waals surface area contributed by atoms with Gasteiger partial charge in [-0.15, -0.1) is 10.2 Å². The van der Waals surface area contributed by atoms with Crippen LogP contribution in [0.15, 0.2) is 52.9 Å². The Hall–Kier alpha value is -4.28. The molecule has 0 unspecified atom stereocenters. The quantitative estimate of drug-likeness (QED) is 0.199. The maximum Gasteiger partial charge on any atom is 0.325 e. The predicted molar refractivity (Wildman–Crippen MR) is 115 cm³/mol. The van der Waals surface area contributed by atoms with E-state index in [1.807, 2.05) is 0 Å². The van der Waals surface area contributed by atoms with E-state index in [0.29, 0.717) is 23.5 Å². The molecule has 0 bridgehead atoms. The topological polar surface area (TPSA) is 147 Å². The van der Waals surface area contributed by atoms with Gasteiger partial charge in [-0.25, -0.2) is 0 Å². The third-order valence-corrected chi connectivity index (χ3v) is 4.42. The maximum atomic E-state index is 12.2. The van der Waals surface area contributed by atoms with Gasteiger partial charge in [-0.05, 0) is 42.8 Å². The molecule has 1 aromatic heterocycles. The van der Waals surface area contributed by atoms with E-state index in [1.54, 1.807) is 24.3 Å². The molecule has 0 aliphatic heterocycles. The predicted octanol–water partition coefficient (Wildman–Crippen LogP) is 3.30. The van der Waals surface area contributed by atoms with Crippen LogP contribution in [0.3, 0.4) is 0 Å². The van der Waals surface area contributed by atoms with Gasteiger partial charge in [-0.1, -0.05) is 13.3 Å². The van der Waals surface area contributed by atoms with Crippen molar-refractivity contribution in [3.63, 3.8) is 0 Å². The largest absolute Gasteiger partial charge is 0.494 e. The van der Waals surface area contributed by atoms with Crippen molar-refractivity contribution in [3.8, 4) is 17.2 Å². The minimum Gasteiger partial charge on any atom is -0.494 e. The summed E-state index contributed by atoms with van der Waals surface area (Å²) in [6, 6.07) is 12.2. The van der Waals surface area contributed by atoms with Crippen LogP contribution in [0.2, 0.25) is 0 Å². The van der Waals surface area contributed by atoms with Gasteiger partial charge in [0.05, 0.1) is 11.5 Å². The van der Waals surface area contributed by atoms with Crippen LogP contribution in [0.1, 0.15) is 36.0 Å². The van der Waals surface area contributed by atoms with E-state index >= 15 is 0 Å². The lowest BCUT2D eigenvalue weighted by Gasteiger charge is -2.07. The van der Waals surface area contributed by atoms with Crippen molar-refractivity contribution in [1.82, 2.24) is 15.5 Å². The summed E-state index contributed by atoms with van der Waals surface area (Å²) < 4.78 is 16.0. The first-order valence-corrected chi connectivity index (χ1v) is 10.2. The van der Waals surface area contributed by atoms with Crippen LogP contribution in [0.4, 0.5) is 5.69 Å². The molecule has 1 heterocycles. The van der Waals surface area contributed by atoms with Crippen molar-refractivity contribution >= 4 is 17.6 Å². The summed E-state index contributed by atoms with van der Waals surface area (Å²) in [7, 11) is 0. The number of hydrogen-bond acceptors (Lipinski definition) is 9. The van der Waals surface area contributed by atoms with Crippen molar-refractivity contribution in [1.29, 1.82) is 0 Å². The average molecular weight is 454 g/mol. The van der Waals surface area contributed by atoms with Gasteiger partial charge >= 0.3 is 5.97 Å². The van der Waals surface area contributed by atoms with E-state index in [0.717, 1.165) is 12.8 Å². The molecule has 1 amide bonds. The Kier molecular flexibility index (Phi) is 8.06. The Bertz CT molecular complexity index is 1090. The number of benzene rings is 2. The van der Waals surface area contributed by atoms with Crippen LogP contribution in [0.5, 0.6) is 5.75 Å². The molecule has 1 N–H and O–H groups in total. The zero-order valence-corrected chi connectivity index (χ0v) is 17.9. The van der Waals surface area contributed by atoms with E-state index < -0.39 is 16.8 Å². The summed E-state index contributed by atoms with van der Waals surface area (Å²) in [5.74, 6) is -0.261. The first-order valence-electron chi connectivity index (χ1n) is 10.2. The number of hydrogen-bond donors (Lipinski definition) is 1. The Morgan fingerprint density at radius 2 is 1.82 bits per heavy atom. The Morgan fingerprint density at radius 1 is 1.09 bits per heavy atom. The van der Waals surface area contributed by atoms with Crippen LogP contribution in [0, 0.1) is 10.1 Å². The standard InChI is InChI=1S/C22H22N4O7/c1-2-3-12-31-18-10-6-15(7-11-18)21(28)23-13-20(27)32-14-19-24-25-22(33-19)16-4-8-17(9-5-16)26(29)30/h4-11H,2-3,12-14H2,1H3,(H,23,28). The van der Waals surface area contributed by atoms with E-state index in [-0.39, 0.29) is 30.6 Å². The van der Waals surface area contributed by atoms with Crippen LogP contribution in [0.25, 0.3) is 11.5 Å². The smallest absolute Gasteiger partial charge is 0.325 e. The fourth-order valence-electron chi connectivity index (χ4n) is 2.64. The molecular weight excluding hydrogens is 432 g/mol. The van der Waals surface area contributed by atoms with Gasteiger partial charge in [-0.3, -0.25) is 19.7 Å². The van der Waals surface area contributed by atoms with Gasteiger partial charge < -0.3 is 19.2 Å². The molecule has 11 nitrogen and oxygen atoms in total. The highest BCUT2D eigenvalue weighted by Crippen LogP contribution is 2.21. The van der Waals surface area contributed by atoms with E-state index in [1.165, 1.54) is 24.3 Å². The molecule has 0 aliphatic carbocycles. The van der Waals surface area contributed by atoms with Gasteiger partial charge in [0.25, 0.3) is 17.5 Å². The molecule has 3 aromatic rings. The van der Waals surface area contributed by atoms with Crippen molar-refractivity contribution in [2.24, 2.45) is 0 Å². The zero-order valence-electron chi connectivity index (χ0n) is 17.9. The molecule has 0 aliphatic rings. The number of nitrogens with zero attached hydrogens (tertiary/aromatic N) is 3. The number of carbonyl (C=O) groups is 2. The van der Waals surface area contributed by atoms with E-state index in [2.05, 4.69) is 22.4 Å². The molecule has 0 spiro atoms. The minimum atomic E-state index is -0.682. The van der Waals surface area contributed by atoms with Gasteiger partial charge in [0.2, 0.25) is 5.89 Å². The molecule has 2 aromatic carbocycles. The third kappa shape index (κ3) is 6.86. The molecule has 33 heavy (non-hydrogen) atoms. The van der Waals surface area contributed by atoms with Crippen LogP contribution < -0.4 is 10.1 Å². The summed E-state index contributed by atoms with van der Waals surface area (Å²) >= 11 is 0. The van der Waals surface area contributed by atoms with Crippen molar-refractivity contribution in [3.05, 3.63) is 70.1 Å². The number of nitro groups is 1. The summed E-state index contributed by atoms with van der Waals surface area (Å²) in [4.78, 5) is 34.3. The van der Waals surface area contributed by atoms with E-state index in [9.17, 15) is 19.7 Å². The SMILES string of the molecule is CCCCOc1ccc(C(=O)NCC(=O)OCc2nnc(-c3ccc([N+](=O)[O-])cc3)o2)cc1. The second-order valence-electron chi connectivity index (χ2n) is 6.87. The van der Waals surface area contributed by atoms with Gasteiger partial charge in [0.15, 0.2) is 6.61 Å². The fourth-order valence-corrected chi connectivity index (χ4v) is 2.64. The molecule has 172 valence electrons. The molecule has 0 radical (unpaired) electrons.